The molecule has 2 atom stereocenters. The molecule has 2 aliphatic rings. The summed E-state index contributed by atoms with van der Waals surface area (Å²) in [6.45, 7) is 2.05. The summed E-state index contributed by atoms with van der Waals surface area (Å²) >= 11 is 0. The number of amides is 1. The zero-order valence-electron chi connectivity index (χ0n) is 20.3. The van der Waals surface area contributed by atoms with Crippen LogP contribution in [0.5, 0.6) is 0 Å². The number of alkyl halides is 3. The number of halogens is 5. The van der Waals surface area contributed by atoms with E-state index in [9.17, 15) is 18.0 Å². The van der Waals surface area contributed by atoms with Crippen molar-refractivity contribution in [3.63, 3.8) is 0 Å². The van der Waals surface area contributed by atoms with Gasteiger partial charge in [0.05, 0.1) is 16.6 Å². The van der Waals surface area contributed by atoms with E-state index in [0.29, 0.717) is 5.69 Å². The zero-order chi connectivity index (χ0) is 24.4. The number of nitrogens with zero attached hydrogens (tertiary/aromatic N) is 2. The van der Waals surface area contributed by atoms with Gasteiger partial charge in [-0.1, -0.05) is 25.0 Å². The minimum atomic E-state index is -4.49. The Balaban J connectivity index is 0.00000190. The summed E-state index contributed by atoms with van der Waals surface area (Å²) < 4.78 is 40.7. The van der Waals surface area contributed by atoms with Gasteiger partial charge in [0.2, 0.25) is 0 Å². The highest BCUT2D eigenvalue weighted by atomic mass is 35.5. The molecule has 10 heteroatoms. The molecule has 0 spiro atoms. The van der Waals surface area contributed by atoms with E-state index in [4.69, 9.17) is 0 Å². The van der Waals surface area contributed by atoms with Crippen LogP contribution < -0.4 is 10.6 Å². The van der Waals surface area contributed by atoms with Gasteiger partial charge in [-0.05, 0) is 75.2 Å². The van der Waals surface area contributed by atoms with Gasteiger partial charge >= 0.3 is 6.18 Å². The number of hydrogen-bond donors (Lipinski definition) is 2. The lowest BCUT2D eigenvalue weighted by molar-refractivity contribution is -0.137. The van der Waals surface area contributed by atoms with Crippen molar-refractivity contribution >= 4 is 53.0 Å². The van der Waals surface area contributed by atoms with E-state index >= 15 is 0 Å². The Hall–Kier alpha value is -2.55. The van der Waals surface area contributed by atoms with Crippen molar-refractivity contribution in [2.24, 2.45) is 0 Å². The van der Waals surface area contributed by atoms with Crippen LogP contribution in [0.2, 0.25) is 0 Å². The van der Waals surface area contributed by atoms with Crippen LogP contribution >= 0.6 is 24.8 Å². The highest BCUT2D eigenvalue weighted by Gasteiger charge is 2.34. The molecule has 2 fully saturated rings. The van der Waals surface area contributed by atoms with Crippen LogP contribution in [0.25, 0.3) is 10.9 Å². The number of pyridine rings is 1. The average Bonchev–Trinajstić information content (AvgIpc) is 3.38. The molecule has 1 amide bonds. The molecule has 2 heterocycles. The highest BCUT2D eigenvalue weighted by Crippen LogP contribution is 2.35. The fourth-order valence-corrected chi connectivity index (χ4v) is 5.37. The first-order valence-corrected chi connectivity index (χ1v) is 12.3. The van der Waals surface area contributed by atoms with Crippen LogP contribution in [0.1, 0.15) is 54.4 Å². The molecule has 0 bridgehead atoms. The molecule has 1 saturated carbocycles. The van der Waals surface area contributed by atoms with Gasteiger partial charge in [0.15, 0.2) is 0 Å². The Kier molecular flexibility index (Phi) is 9.67. The van der Waals surface area contributed by atoms with E-state index in [2.05, 4.69) is 20.5 Å². The van der Waals surface area contributed by atoms with Crippen LogP contribution in [0.3, 0.4) is 0 Å². The van der Waals surface area contributed by atoms with Crippen LogP contribution in [-0.4, -0.2) is 41.0 Å². The number of benzene rings is 2. The second kappa shape index (κ2) is 12.3. The monoisotopic (exact) mass is 554 g/mol. The number of carbonyl (C=O) groups excluding carboxylic acids is 1. The van der Waals surface area contributed by atoms with Crippen molar-refractivity contribution in [3.8, 4) is 0 Å². The molecule has 2 aromatic carbocycles. The summed E-state index contributed by atoms with van der Waals surface area (Å²) in [7, 11) is 0. The Bertz CT molecular complexity index is 1220. The summed E-state index contributed by atoms with van der Waals surface area (Å²) in [6, 6.07) is 12.7. The minimum absolute atomic E-state index is 0. The molecule has 1 aromatic heterocycles. The number of rotatable bonds is 5. The number of aromatic nitrogens is 1. The molecule has 37 heavy (non-hydrogen) atoms. The first-order chi connectivity index (χ1) is 16.9. The third kappa shape index (κ3) is 6.67. The molecule has 5 nitrogen and oxygen atoms in total. The second-order valence-electron chi connectivity index (χ2n) is 9.47. The van der Waals surface area contributed by atoms with Crippen molar-refractivity contribution in [3.05, 3.63) is 65.9 Å². The van der Waals surface area contributed by atoms with Crippen LogP contribution in [0.4, 0.5) is 24.5 Å². The number of carbonyl (C=O) groups is 1. The average molecular weight is 555 g/mol. The summed E-state index contributed by atoms with van der Waals surface area (Å²) in [5, 5.41) is 7.15. The molecule has 3 aromatic rings. The lowest BCUT2D eigenvalue weighted by Crippen LogP contribution is -2.47. The van der Waals surface area contributed by atoms with Crippen molar-refractivity contribution in [1.29, 1.82) is 0 Å². The smallest absolute Gasteiger partial charge is 0.380 e. The Morgan fingerprint density at radius 2 is 1.70 bits per heavy atom. The van der Waals surface area contributed by atoms with Gasteiger partial charge in [0.25, 0.3) is 5.91 Å². The summed E-state index contributed by atoms with van der Waals surface area (Å²) in [5.74, 6) is -0.454. The number of fused-ring (bicyclic) bond motifs is 1. The maximum atomic E-state index is 13.6. The number of anilines is 2. The highest BCUT2D eigenvalue weighted by molar-refractivity contribution is 6.08. The summed E-state index contributed by atoms with van der Waals surface area (Å²) in [6.07, 6.45) is 3.51. The lowest BCUT2D eigenvalue weighted by Gasteiger charge is -2.39. The van der Waals surface area contributed by atoms with E-state index in [1.807, 2.05) is 18.2 Å². The molecular weight excluding hydrogens is 524 g/mol. The number of likely N-dealkylation sites (tertiary alicyclic amines) is 1. The first kappa shape index (κ1) is 29.0. The SMILES string of the molecule is Cl.Cl.O=C(Nc1ccc2cccnc2c1)c1ccc(C(F)(F)F)cc1N[C@@H]1CCCC[C@@H]1N1CCCC1. The van der Waals surface area contributed by atoms with E-state index in [-0.39, 0.29) is 48.1 Å². The quantitative estimate of drug-likeness (QED) is 0.351. The van der Waals surface area contributed by atoms with Crippen molar-refractivity contribution in [2.45, 2.75) is 56.8 Å². The Labute approximate surface area is 227 Å². The largest absolute Gasteiger partial charge is 0.416 e. The van der Waals surface area contributed by atoms with E-state index in [1.54, 1.807) is 18.3 Å². The van der Waals surface area contributed by atoms with Gasteiger partial charge in [-0.2, -0.15) is 13.2 Å². The Morgan fingerprint density at radius 1 is 0.946 bits per heavy atom. The van der Waals surface area contributed by atoms with Crippen LogP contribution in [0, 0.1) is 0 Å². The standard InChI is InChI=1S/C27H29F3N4O.2ClH/c28-27(29,30)19-10-12-21(26(35)32-20-11-9-18-6-5-13-31-23(18)17-20)24(16-19)33-22-7-1-2-8-25(22)34-14-3-4-15-34;;/h5-6,9-13,16-17,22,25,33H,1-4,7-8,14-15H2,(H,32,35);2*1H/t22-,25+;;/m1../s1. The fourth-order valence-electron chi connectivity index (χ4n) is 5.37. The van der Waals surface area contributed by atoms with Gasteiger partial charge in [0.1, 0.15) is 0 Å². The molecule has 1 saturated heterocycles. The van der Waals surface area contributed by atoms with Crippen LogP contribution in [-0.2, 0) is 6.18 Å². The molecule has 1 aliphatic carbocycles. The third-order valence-electron chi connectivity index (χ3n) is 7.14. The molecule has 200 valence electrons. The second-order valence-corrected chi connectivity index (χ2v) is 9.47. The van der Waals surface area contributed by atoms with Gasteiger partial charge < -0.3 is 10.6 Å². The number of hydrogen-bond acceptors (Lipinski definition) is 4. The maximum absolute atomic E-state index is 13.6. The number of nitrogens with one attached hydrogen (secondary N) is 2. The first-order valence-electron chi connectivity index (χ1n) is 12.3. The molecule has 5 rings (SSSR count). The third-order valence-corrected chi connectivity index (χ3v) is 7.14. The van der Waals surface area contributed by atoms with Crippen molar-refractivity contribution in [1.82, 2.24) is 9.88 Å². The van der Waals surface area contributed by atoms with Gasteiger partial charge in [0, 0.05) is 35.0 Å². The van der Waals surface area contributed by atoms with E-state index < -0.39 is 17.6 Å². The molecule has 0 unspecified atom stereocenters. The van der Waals surface area contributed by atoms with Crippen molar-refractivity contribution < 1.29 is 18.0 Å². The zero-order valence-corrected chi connectivity index (χ0v) is 21.9. The molecule has 0 radical (unpaired) electrons. The summed E-state index contributed by atoms with van der Waals surface area (Å²) in [4.78, 5) is 20.0. The molecular formula is C27H31Cl2F3N4O. The van der Waals surface area contributed by atoms with Crippen LogP contribution in [0.15, 0.2) is 54.7 Å². The predicted molar refractivity (Wildman–Crippen MR) is 146 cm³/mol. The van der Waals surface area contributed by atoms with Gasteiger partial charge in [-0.25, -0.2) is 0 Å². The van der Waals surface area contributed by atoms with E-state index in [1.165, 1.54) is 6.07 Å². The lowest BCUT2D eigenvalue weighted by atomic mass is 9.88. The van der Waals surface area contributed by atoms with E-state index in [0.717, 1.165) is 74.7 Å². The van der Waals surface area contributed by atoms with Gasteiger partial charge in [-0.15, -0.1) is 24.8 Å². The molecule has 2 N–H and O–H groups in total. The maximum Gasteiger partial charge on any atom is 0.416 e. The predicted octanol–water partition coefficient (Wildman–Crippen LogP) is 7.17. The minimum Gasteiger partial charge on any atom is -0.380 e. The molecule has 1 aliphatic heterocycles. The normalized spacial score (nSPS) is 20.1. The Morgan fingerprint density at radius 3 is 2.46 bits per heavy atom. The van der Waals surface area contributed by atoms with Gasteiger partial charge in [-0.3, -0.25) is 14.7 Å². The topological polar surface area (TPSA) is 57.3 Å². The summed E-state index contributed by atoms with van der Waals surface area (Å²) in [5.41, 5.74) is 0.934. The van der Waals surface area contributed by atoms with Crippen molar-refractivity contribution in [2.75, 3.05) is 23.7 Å². The fraction of sp³-hybridized carbons (Fsp3) is 0.407.